The highest BCUT2D eigenvalue weighted by Crippen LogP contribution is 2.32. The average molecular weight is 190 g/mol. The third kappa shape index (κ3) is 1.18. The number of rotatable bonds is 0. The Morgan fingerprint density at radius 3 is 2.71 bits per heavy atom. The van der Waals surface area contributed by atoms with Crippen LogP contribution in [0.3, 0.4) is 0 Å². The van der Waals surface area contributed by atoms with Gasteiger partial charge >= 0.3 is 0 Å². The average Bonchev–Trinajstić information content (AvgIpc) is 2.10. The molecule has 72 valence electrons. The lowest BCUT2D eigenvalue weighted by molar-refractivity contribution is 0.0992. The summed E-state index contributed by atoms with van der Waals surface area (Å²) in [6, 6.07) is 3.21. The number of aryl methyl sites for hydroxylation is 1. The van der Waals surface area contributed by atoms with Gasteiger partial charge in [-0.15, -0.1) is 0 Å². The van der Waals surface area contributed by atoms with Crippen molar-refractivity contribution in [1.82, 2.24) is 0 Å². The maximum Gasteiger partial charge on any atom is 0.167 e. The molecule has 0 saturated heterocycles. The predicted octanol–water partition coefficient (Wildman–Crippen LogP) is 2.19. The normalized spacial score (nSPS) is 14.9. The SMILES string of the molecule is Cc1cc(O)c2c(c1)C(=O)CC=C2O. The molecule has 1 aliphatic rings. The van der Waals surface area contributed by atoms with Gasteiger partial charge in [-0.1, -0.05) is 0 Å². The summed E-state index contributed by atoms with van der Waals surface area (Å²) in [5, 5.41) is 19.1. The van der Waals surface area contributed by atoms with Crippen molar-refractivity contribution in [2.75, 3.05) is 0 Å². The minimum Gasteiger partial charge on any atom is -0.507 e. The first-order chi connectivity index (χ1) is 6.59. The molecule has 0 aliphatic heterocycles. The second kappa shape index (κ2) is 2.87. The van der Waals surface area contributed by atoms with Crippen molar-refractivity contribution >= 4 is 11.5 Å². The fraction of sp³-hybridized carbons (Fsp3) is 0.182. The van der Waals surface area contributed by atoms with E-state index in [1.165, 1.54) is 12.1 Å². The van der Waals surface area contributed by atoms with Crippen molar-refractivity contribution in [2.24, 2.45) is 0 Å². The zero-order valence-corrected chi connectivity index (χ0v) is 7.74. The minimum absolute atomic E-state index is 0.0166. The Kier molecular flexibility index (Phi) is 1.81. The number of fused-ring (bicyclic) bond motifs is 1. The third-order valence-electron chi connectivity index (χ3n) is 2.30. The number of benzene rings is 1. The monoisotopic (exact) mass is 190 g/mol. The Balaban J connectivity index is 2.75. The van der Waals surface area contributed by atoms with Crippen LogP contribution in [0.2, 0.25) is 0 Å². The van der Waals surface area contributed by atoms with E-state index in [-0.39, 0.29) is 29.3 Å². The fourth-order valence-electron chi connectivity index (χ4n) is 1.66. The van der Waals surface area contributed by atoms with Crippen LogP contribution in [0.1, 0.15) is 27.9 Å². The van der Waals surface area contributed by atoms with Crippen LogP contribution in [0, 0.1) is 6.92 Å². The summed E-state index contributed by atoms with van der Waals surface area (Å²) in [6.45, 7) is 1.79. The van der Waals surface area contributed by atoms with Gasteiger partial charge in [-0.3, -0.25) is 4.79 Å². The van der Waals surface area contributed by atoms with Crippen LogP contribution in [-0.2, 0) is 0 Å². The van der Waals surface area contributed by atoms with Crippen LogP contribution >= 0.6 is 0 Å². The number of ketones is 1. The molecular formula is C11H10O3. The van der Waals surface area contributed by atoms with Crippen LogP contribution < -0.4 is 0 Å². The summed E-state index contributed by atoms with van der Waals surface area (Å²) >= 11 is 0. The highest BCUT2D eigenvalue weighted by molar-refractivity contribution is 6.05. The molecule has 3 heteroatoms. The van der Waals surface area contributed by atoms with Gasteiger partial charge in [0.25, 0.3) is 0 Å². The summed E-state index contributed by atoms with van der Waals surface area (Å²) in [7, 11) is 0. The number of Topliss-reactive ketones (excluding diaryl/α,β-unsaturated/α-hetero) is 1. The zero-order valence-electron chi connectivity index (χ0n) is 7.74. The van der Waals surface area contributed by atoms with E-state index >= 15 is 0 Å². The number of aliphatic hydroxyl groups is 1. The first kappa shape index (κ1) is 8.81. The second-order valence-corrected chi connectivity index (χ2v) is 3.42. The lowest BCUT2D eigenvalue weighted by Gasteiger charge is -2.14. The molecule has 1 aromatic carbocycles. The van der Waals surface area contributed by atoms with E-state index in [9.17, 15) is 15.0 Å². The van der Waals surface area contributed by atoms with Gasteiger partial charge in [0, 0.05) is 12.0 Å². The highest BCUT2D eigenvalue weighted by atomic mass is 16.3. The lowest BCUT2D eigenvalue weighted by Crippen LogP contribution is -2.08. The van der Waals surface area contributed by atoms with Crippen molar-refractivity contribution in [2.45, 2.75) is 13.3 Å². The number of aromatic hydroxyl groups is 1. The van der Waals surface area contributed by atoms with E-state index < -0.39 is 0 Å². The van der Waals surface area contributed by atoms with E-state index in [2.05, 4.69) is 0 Å². The molecule has 0 atom stereocenters. The molecule has 14 heavy (non-hydrogen) atoms. The standard InChI is InChI=1S/C11H10O3/c1-6-4-7-8(12)2-3-9(13)11(7)10(14)5-6/h3-5,13-14H,2H2,1H3. The summed E-state index contributed by atoms with van der Waals surface area (Å²) in [5.74, 6) is -0.129. The molecule has 2 N–H and O–H groups in total. The summed E-state index contributed by atoms with van der Waals surface area (Å²) < 4.78 is 0. The van der Waals surface area contributed by atoms with E-state index in [1.807, 2.05) is 0 Å². The van der Waals surface area contributed by atoms with Crippen molar-refractivity contribution < 1.29 is 15.0 Å². The number of allylic oxidation sites excluding steroid dienone is 1. The first-order valence-electron chi connectivity index (χ1n) is 4.36. The summed E-state index contributed by atoms with van der Waals surface area (Å²) in [4.78, 5) is 11.5. The zero-order chi connectivity index (χ0) is 10.3. The molecular weight excluding hydrogens is 180 g/mol. The van der Waals surface area contributed by atoms with E-state index in [4.69, 9.17) is 0 Å². The minimum atomic E-state index is -0.0724. The van der Waals surface area contributed by atoms with Gasteiger partial charge in [0.05, 0.1) is 5.56 Å². The maximum absolute atomic E-state index is 11.5. The Morgan fingerprint density at radius 1 is 1.29 bits per heavy atom. The second-order valence-electron chi connectivity index (χ2n) is 3.42. The van der Waals surface area contributed by atoms with Gasteiger partial charge in [0.15, 0.2) is 5.78 Å². The van der Waals surface area contributed by atoms with E-state index in [0.29, 0.717) is 5.56 Å². The number of carbonyl (C=O) groups is 1. The van der Waals surface area contributed by atoms with Crippen molar-refractivity contribution in [3.8, 4) is 5.75 Å². The molecule has 0 radical (unpaired) electrons. The molecule has 0 amide bonds. The Labute approximate surface area is 81.3 Å². The van der Waals surface area contributed by atoms with Gasteiger partial charge in [0.1, 0.15) is 11.5 Å². The van der Waals surface area contributed by atoms with Gasteiger partial charge in [0.2, 0.25) is 0 Å². The molecule has 1 aliphatic carbocycles. The topological polar surface area (TPSA) is 57.5 Å². The van der Waals surface area contributed by atoms with Crippen LogP contribution in [-0.4, -0.2) is 16.0 Å². The molecule has 0 saturated carbocycles. The number of aliphatic hydroxyl groups excluding tert-OH is 1. The molecule has 2 rings (SSSR count). The number of hydrogen-bond donors (Lipinski definition) is 2. The molecule has 0 aromatic heterocycles. The molecule has 0 unspecified atom stereocenters. The number of phenolic OH excluding ortho intramolecular Hbond substituents is 1. The Hall–Kier alpha value is -1.77. The molecule has 0 bridgehead atoms. The fourth-order valence-corrected chi connectivity index (χ4v) is 1.66. The summed E-state index contributed by atoms with van der Waals surface area (Å²) in [5.41, 5.74) is 1.47. The van der Waals surface area contributed by atoms with E-state index in [0.717, 1.165) is 5.56 Å². The smallest absolute Gasteiger partial charge is 0.167 e. The van der Waals surface area contributed by atoms with Crippen molar-refractivity contribution in [3.63, 3.8) is 0 Å². The van der Waals surface area contributed by atoms with Gasteiger partial charge in [-0.05, 0) is 30.7 Å². The van der Waals surface area contributed by atoms with Gasteiger partial charge in [-0.2, -0.15) is 0 Å². The Morgan fingerprint density at radius 2 is 2.00 bits per heavy atom. The molecule has 3 nitrogen and oxygen atoms in total. The quantitative estimate of drug-likeness (QED) is 0.659. The number of carbonyl (C=O) groups excluding carboxylic acids is 1. The number of phenols is 1. The third-order valence-corrected chi connectivity index (χ3v) is 2.30. The predicted molar refractivity (Wildman–Crippen MR) is 52.4 cm³/mol. The van der Waals surface area contributed by atoms with Gasteiger partial charge in [-0.25, -0.2) is 0 Å². The van der Waals surface area contributed by atoms with Crippen molar-refractivity contribution in [1.29, 1.82) is 0 Å². The molecule has 0 fully saturated rings. The summed E-state index contributed by atoms with van der Waals surface area (Å²) in [6.07, 6.45) is 1.61. The molecule has 0 heterocycles. The van der Waals surface area contributed by atoms with Crippen LogP contribution in [0.4, 0.5) is 0 Å². The van der Waals surface area contributed by atoms with Gasteiger partial charge < -0.3 is 10.2 Å². The van der Waals surface area contributed by atoms with E-state index in [1.54, 1.807) is 13.0 Å². The molecule has 1 aromatic rings. The van der Waals surface area contributed by atoms with Crippen LogP contribution in [0.5, 0.6) is 5.75 Å². The van der Waals surface area contributed by atoms with Crippen LogP contribution in [0.15, 0.2) is 18.2 Å². The highest BCUT2D eigenvalue weighted by Gasteiger charge is 2.22. The molecule has 0 spiro atoms. The van der Waals surface area contributed by atoms with Crippen molar-refractivity contribution in [3.05, 3.63) is 34.9 Å². The lowest BCUT2D eigenvalue weighted by atomic mass is 9.92. The largest absolute Gasteiger partial charge is 0.507 e. The first-order valence-corrected chi connectivity index (χ1v) is 4.36. The number of hydrogen-bond acceptors (Lipinski definition) is 3. The maximum atomic E-state index is 11.5. The van der Waals surface area contributed by atoms with Crippen LogP contribution in [0.25, 0.3) is 5.76 Å². The Bertz CT molecular complexity index is 444.